The van der Waals surface area contributed by atoms with E-state index in [-0.39, 0.29) is 11.8 Å². The van der Waals surface area contributed by atoms with Gasteiger partial charge in [-0.05, 0) is 73.6 Å². The number of piperidine rings is 1. The minimum atomic E-state index is -0.791. The minimum absolute atomic E-state index is 0.0671. The maximum atomic E-state index is 13.4. The molecule has 1 spiro atoms. The average Bonchev–Trinajstić information content (AvgIpc) is 2.75. The number of aryl methyl sites for hydroxylation is 2. The fourth-order valence-corrected chi connectivity index (χ4v) is 5.04. The van der Waals surface area contributed by atoms with Crippen molar-refractivity contribution in [1.29, 1.82) is 5.41 Å². The summed E-state index contributed by atoms with van der Waals surface area (Å²) >= 11 is 0. The fourth-order valence-electron chi connectivity index (χ4n) is 5.04. The Kier molecular flexibility index (Phi) is 5.15. The molecule has 7 heteroatoms. The zero-order valence-corrected chi connectivity index (χ0v) is 19.2. The number of nitrogen functional groups attached to an aromatic ring is 1. The number of benzene rings is 2. The lowest BCUT2D eigenvalue weighted by atomic mass is 9.78. The maximum Gasteiger partial charge on any atom is 0.258 e. The maximum absolute atomic E-state index is 13.4. The van der Waals surface area contributed by atoms with Crippen LogP contribution >= 0.6 is 0 Å². The summed E-state index contributed by atoms with van der Waals surface area (Å²) in [6, 6.07) is 7.43. The van der Waals surface area contributed by atoms with Gasteiger partial charge in [0, 0.05) is 49.0 Å². The number of carbonyl (C=O) groups excluding carboxylic acids is 2. The minimum Gasteiger partial charge on any atom is -0.467 e. The van der Waals surface area contributed by atoms with Crippen molar-refractivity contribution >= 4 is 23.7 Å². The van der Waals surface area contributed by atoms with Gasteiger partial charge in [0.25, 0.3) is 11.8 Å². The van der Waals surface area contributed by atoms with E-state index >= 15 is 0 Å². The Balaban J connectivity index is 1.34. The third-order valence-corrected chi connectivity index (χ3v) is 7.54. The monoisotopic (exact) mass is 446 g/mol. The van der Waals surface area contributed by atoms with Gasteiger partial charge in [-0.1, -0.05) is 6.42 Å². The molecular weight excluding hydrogens is 416 g/mol. The SMILES string of the molecule is Cc1cc2c(cc1C)C(=O)NC1(CCN(C(=O)c3cc(C=N)c(N)c(C4CCC4)c3)CC1)O2. The van der Waals surface area contributed by atoms with Crippen molar-refractivity contribution in [2.45, 2.75) is 57.6 Å². The summed E-state index contributed by atoms with van der Waals surface area (Å²) in [5.41, 5.74) is 11.0. The first-order chi connectivity index (χ1) is 15.8. The molecule has 33 heavy (non-hydrogen) atoms. The number of hydrogen-bond donors (Lipinski definition) is 3. The van der Waals surface area contributed by atoms with E-state index in [1.165, 1.54) is 12.6 Å². The number of nitrogens with two attached hydrogens (primary N) is 1. The highest BCUT2D eigenvalue weighted by atomic mass is 16.5. The van der Waals surface area contributed by atoms with Gasteiger partial charge in [-0.25, -0.2) is 0 Å². The zero-order chi connectivity index (χ0) is 23.3. The summed E-state index contributed by atoms with van der Waals surface area (Å²) in [6.45, 7) is 4.94. The first-order valence-corrected chi connectivity index (χ1v) is 11.7. The highest BCUT2D eigenvalue weighted by molar-refractivity contribution is 6.00. The topological polar surface area (TPSA) is 109 Å². The number of nitrogens with zero attached hydrogens (tertiary/aromatic N) is 1. The second kappa shape index (κ2) is 7.90. The molecule has 1 saturated heterocycles. The Hall–Kier alpha value is -3.35. The van der Waals surface area contributed by atoms with E-state index in [1.54, 1.807) is 11.0 Å². The number of rotatable bonds is 3. The molecule has 0 atom stereocenters. The van der Waals surface area contributed by atoms with Gasteiger partial charge >= 0.3 is 0 Å². The van der Waals surface area contributed by atoms with Crippen LogP contribution in [-0.2, 0) is 0 Å². The number of amides is 2. The smallest absolute Gasteiger partial charge is 0.258 e. The molecule has 0 aromatic heterocycles. The Morgan fingerprint density at radius 2 is 1.88 bits per heavy atom. The number of ether oxygens (including phenoxy) is 1. The molecule has 2 aromatic carbocycles. The van der Waals surface area contributed by atoms with Crippen molar-refractivity contribution in [1.82, 2.24) is 10.2 Å². The molecule has 7 nitrogen and oxygen atoms in total. The van der Waals surface area contributed by atoms with Crippen molar-refractivity contribution in [2.24, 2.45) is 0 Å². The van der Waals surface area contributed by atoms with E-state index in [2.05, 4.69) is 5.32 Å². The lowest BCUT2D eigenvalue weighted by Crippen LogP contribution is -2.61. The summed E-state index contributed by atoms with van der Waals surface area (Å²) < 4.78 is 6.31. The van der Waals surface area contributed by atoms with Crippen LogP contribution in [-0.4, -0.2) is 41.7 Å². The molecular formula is C26H30N4O3. The molecule has 1 saturated carbocycles. The zero-order valence-electron chi connectivity index (χ0n) is 19.2. The van der Waals surface area contributed by atoms with Gasteiger partial charge in [0.1, 0.15) is 5.75 Å². The van der Waals surface area contributed by atoms with E-state index in [9.17, 15) is 9.59 Å². The van der Waals surface area contributed by atoms with Crippen molar-refractivity contribution in [3.05, 3.63) is 57.6 Å². The first-order valence-electron chi connectivity index (χ1n) is 11.7. The Labute approximate surface area is 193 Å². The van der Waals surface area contributed by atoms with Crippen LogP contribution in [0.5, 0.6) is 5.75 Å². The van der Waals surface area contributed by atoms with Gasteiger partial charge in [-0.15, -0.1) is 0 Å². The third kappa shape index (κ3) is 3.65. The van der Waals surface area contributed by atoms with E-state index < -0.39 is 5.72 Å². The summed E-state index contributed by atoms with van der Waals surface area (Å²) in [5, 5.41) is 10.8. The molecule has 3 aliphatic rings. The lowest BCUT2D eigenvalue weighted by molar-refractivity contribution is -0.0246. The molecule has 2 heterocycles. The number of carbonyl (C=O) groups is 2. The van der Waals surface area contributed by atoms with Crippen LogP contribution in [0.3, 0.4) is 0 Å². The second-order valence-electron chi connectivity index (χ2n) is 9.62. The second-order valence-corrected chi connectivity index (χ2v) is 9.62. The Morgan fingerprint density at radius 3 is 2.52 bits per heavy atom. The molecule has 172 valence electrons. The highest BCUT2D eigenvalue weighted by Gasteiger charge is 2.43. The highest BCUT2D eigenvalue weighted by Crippen LogP contribution is 2.41. The molecule has 0 bridgehead atoms. The molecule has 1 aliphatic carbocycles. The Bertz CT molecular complexity index is 1160. The van der Waals surface area contributed by atoms with Gasteiger partial charge in [-0.3, -0.25) is 9.59 Å². The largest absolute Gasteiger partial charge is 0.467 e. The summed E-state index contributed by atoms with van der Waals surface area (Å²) in [6.07, 6.45) is 5.57. The molecule has 5 rings (SSSR count). The predicted molar refractivity (Wildman–Crippen MR) is 127 cm³/mol. The van der Waals surface area contributed by atoms with Crippen LogP contribution in [0.25, 0.3) is 0 Å². The number of anilines is 1. The number of likely N-dealkylation sites (tertiary alicyclic amines) is 1. The van der Waals surface area contributed by atoms with Gasteiger partial charge in [0.2, 0.25) is 0 Å². The van der Waals surface area contributed by atoms with Gasteiger partial charge in [-0.2, -0.15) is 0 Å². The van der Waals surface area contributed by atoms with Gasteiger partial charge in [0.15, 0.2) is 5.72 Å². The van der Waals surface area contributed by atoms with Crippen LogP contribution in [0.15, 0.2) is 24.3 Å². The standard InChI is InChI=1S/C26H30N4O3/c1-15-10-21-22(11-16(15)2)33-26(29-24(21)31)6-8-30(9-7-26)25(32)18-12-19(14-27)23(28)20(13-18)17-4-3-5-17/h10-14,17,27H,3-9,28H2,1-2H3,(H,29,31). The predicted octanol–water partition coefficient (Wildman–Crippen LogP) is 3.91. The van der Waals surface area contributed by atoms with Gasteiger partial charge < -0.3 is 26.1 Å². The lowest BCUT2D eigenvalue weighted by Gasteiger charge is -2.44. The number of fused-ring (bicyclic) bond motifs is 1. The van der Waals surface area contributed by atoms with Crippen molar-refractivity contribution in [3.63, 3.8) is 0 Å². The van der Waals surface area contributed by atoms with Crippen molar-refractivity contribution in [3.8, 4) is 5.75 Å². The Morgan fingerprint density at radius 1 is 1.18 bits per heavy atom. The average molecular weight is 447 g/mol. The van der Waals surface area contributed by atoms with Gasteiger partial charge in [0.05, 0.1) is 5.56 Å². The number of nitrogens with one attached hydrogen (secondary N) is 2. The molecule has 2 amide bonds. The summed E-state index contributed by atoms with van der Waals surface area (Å²) in [4.78, 5) is 28.0. The van der Waals surface area contributed by atoms with Crippen LogP contribution in [0.1, 0.15) is 81.0 Å². The van der Waals surface area contributed by atoms with Crippen LogP contribution < -0.4 is 15.8 Å². The fraction of sp³-hybridized carbons (Fsp3) is 0.423. The molecule has 0 unspecified atom stereocenters. The van der Waals surface area contributed by atoms with Crippen molar-refractivity contribution < 1.29 is 14.3 Å². The van der Waals surface area contributed by atoms with E-state index in [1.807, 2.05) is 32.0 Å². The summed E-state index contributed by atoms with van der Waals surface area (Å²) in [5.74, 6) is 0.793. The molecule has 0 radical (unpaired) electrons. The van der Waals surface area contributed by atoms with Crippen molar-refractivity contribution in [2.75, 3.05) is 18.8 Å². The molecule has 2 fully saturated rings. The van der Waals surface area contributed by atoms with Crippen LogP contribution in [0.4, 0.5) is 5.69 Å². The van der Waals surface area contributed by atoms with E-state index in [0.717, 1.165) is 29.5 Å². The first kappa shape index (κ1) is 21.5. The molecule has 4 N–H and O–H groups in total. The van der Waals surface area contributed by atoms with E-state index in [0.29, 0.717) is 60.0 Å². The molecule has 2 aliphatic heterocycles. The van der Waals surface area contributed by atoms with Crippen LogP contribution in [0.2, 0.25) is 0 Å². The molecule has 2 aromatic rings. The summed E-state index contributed by atoms with van der Waals surface area (Å²) in [7, 11) is 0. The normalized spacial score (nSPS) is 19.3. The van der Waals surface area contributed by atoms with Crippen LogP contribution in [0, 0.1) is 19.3 Å². The number of hydrogen-bond acceptors (Lipinski definition) is 5. The third-order valence-electron chi connectivity index (χ3n) is 7.54. The van der Waals surface area contributed by atoms with E-state index in [4.69, 9.17) is 15.9 Å². The quantitative estimate of drug-likeness (QED) is 0.491.